The molecule has 0 aliphatic carbocycles. The number of hydrogen-bond donors (Lipinski definition) is 2. The van der Waals surface area contributed by atoms with Crippen LogP contribution in [0.2, 0.25) is 0 Å². The molecule has 0 spiro atoms. The topological polar surface area (TPSA) is 118 Å². The third-order valence-corrected chi connectivity index (χ3v) is 8.36. The highest BCUT2D eigenvalue weighted by Gasteiger charge is 2.39. The van der Waals surface area contributed by atoms with Gasteiger partial charge in [0.15, 0.2) is 11.2 Å². The number of carbonyl (C=O) groups is 1. The second-order valence-corrected chi connectivity index (χ2v) is 11.5. The van der Waals surface area contributed by atoms with Crippen LogP contribution in [0.15, 0.2) is 107 Å². The molecule has 7 rings (SSSR count). The number of likely N-dealkylation sites (tertiary alicyclic amines) is 1. The minimum absolute atomic E-state index is 0.113. The molecule has 242 valence electrons. The highest BCUT2D eigenvalue weighted by atomic mass is 19.4. The lowest BCUT2D eigenvalue weighted by Crippen LogP contribution is -2.42. The minimum Gasteiger partial charge on any atom is -0.307 e. The maximum Gasteiger partial charge on any atom is 0.437 e. The number of nitrogens with zero attached hydrogens (tertiary/aromatic N) is 5. The van der Waals surface area contributed by atoms with Crippen LogP contribution in [0.3, 0.4) is 0 Å². The van der Waals surface area contributed by atoms with Gasteiger partial charge in [-0.05, 0) is 90.1 Å². The molecular formula is C35H28F3N7O3. The molecule has 3 aromatic heterocycles. The van der Waals surface area contributed by atoms with Gasteiger partial charge in [0.2, 0.25) is 0 Å². The summed E-state index contributed by atoms with van der Waals surface area (Å²) in [4.78, 5) is 48.5. The number of rotatable bonds is 6. The summed E-state index contributed by atoms with van der Waals surface area (Å²) in [5.74, 6) is 0. The van der Waals surface area contributed by atoms with Gasteiger partial charge in [-0.2, -0.15) is 22.8 Å². The minimum atomic E-state index is -5.01. The van der Waals surface area contributed by atoms with E-state index in [1.54, 1.807) is 54.9 Å². The number of alkyl halides is 3. The Morgan fingerprint density at radius 2 is 1.58 bits per heavy atom. The molecule has 1 amide bonds. The van der Waals surface area contributed by atoms with E-state index in [9.17, 15) is 27.6 Å². The van der Waals surface area contributed by atoms with Crippen molar-refractivity contribution in [3.63, 3.8) is 0 Å². The van der Waals surface area contributed by atoms with Crippen molar-refractivity contribution in [2.45, 2.75) is 25.6 Å². The van der Waals surface area contributed by atoms with Gasteiger partial charge in [-0.3, -0.25) is 14.7 Å². The van der Waals surface area contributed by atoms with Crippen LogP contribution in [-0.2, 0) is 12.7 Å². The maximum absolute atomic E-state index is 14.1. The Morgan fingerprint density at radius 3 is 2.31 bits per heavy atom. The number of hydrogen-bond acceptors (Lipinski definition) is 6. The van der Waals surface area contributed by atoms with E-state index in [0.29, 0.717) is 5.56 Å². The number of amides is 1. The van der Waals surface area contributed by atoms with Crippen LogP contribution in [0.5, 0.6) is 0 Å². The van der Waals surface area contributed by atoms with Crippen molar-refractivity contribution in [3.05, 3.63) is 129 Å². The fourth-order valence-electron chi connectivity index (χ4n) is 6.06. The summed E-state index contributed by atoms with van der Waals surface area (Å²) in [6.45, 7) is 2.93. The molecule has 0 unspecified atom stereocenters. The van der Waals surface area contributed by atoms with Crippen molar-refractivity contribution in [3.8, 4) is 27.9 Å². The van der Waals surface area contributed by atoms with Gasteiger partial charge in [-0.15, -0.1) is 0 Å². The van der Waals surface area contributed by atoms with Crippen molar-refractivity contribution >= 4 is 22.8 Å². The predicted molar refractivity (Wildman–Crippen MR) is 175 cm³/mol. The van der Waals surface area contributed by atoms with E-state index >= 15 is 0 Å². The number of benzene rings is 3. The number of aromatic amines is 1. The molecule has 4 heterocycles. The summed E-state index contributed by atoms with van der Waals surface area (Å²) in [6.07, 6.45) is 0.487. The molecule has 1 saturated heterocycles. The van der Waals surface area contributed by atoms with Crippen molar-refractivity contribution in [2.75, 3.05) is 18.4 Å². The number of halogens is 3. The first-order chi connectivity index (χ1) is 23.2. The molecule has 10 nitrogen and oxygen atoms in total. The Kier molecular flexibility index (Phi) is 7.97. The van der Waals surface area contributed by atoms with Crippen LogP contribution in [0.4, 0.5) is 23.7 Å². The van der Waals surface area contributed by atoms with Crippen LogP contribution in [0, 0.1) is 0 Å². The molecule has 2 N–H and O–H groups in total. The largest absolute Gasteiger partial charge is 0.437 e. The van der Waals surface area contributed by atoms with Gasteiger partial charge in [-0.25, -0.2) is 14.3 Å². The maximum atomic E-state index is 14.1. The van der Waals surface area contributed by atoms with Crippen molar-refractivity contribution in [1.29, 1.82) is 0 Å². The summed E-state index contributed by atoms with van der Waals surface area (Å²) in [5, 5.41) is 6.21. The van der Waals surface area contributed by atoms with Crippen molar-refractivity contribution in [1.82, 2.24) is 29.2 Å². The van der Waals surface area contributed by atoms with Gasteiger partial charge in [0, 0.05) is 24.6 Å². The quantitative estimate of drug-likeness (QED) is 0.218. The smallest absolute Gasteiger partial charge is 0.307 e. The normalized spacial score (nSPS) is 13.6. The van der Waals surface area contributed by atoms with Gasteiger partial charge in [0.25, 0.3) is 5.56 Å². The van der Waals surface area contributed by atoms with E-state index in [0.717, 1.165) is 41.0 Å². The zero-order valence-electron chi connectivity index (χ0n) is 25.4. The molecule has 1 aliphatic heterocycles. The van der Waals surface area contributed by atoms with Crippen LogP contribution in [0.1, 0.15) is 24.1 Å². The molecule has 13 heteroatoms. The molecule has 0 atom stereocenters. The molecule has 3 aromatic carbocycles. The fourth-order valence-corrected chi connectivity index (χ4v) is 6.06. The SMILES string of the molecule is O=C(Nc1ccc(-c2ccccc2CN2CCCC2)cc1)n1c(=O)[nH]c2c(C(F)(F)F)nn(-c3cccc(-c4ccncc4)c3)c2c1=O. The fraction of sp³-hybridized carbons (Fsp3) is 0.171. The highest BCUT2D eigenvalue weighted by molar-refractivity contribution is 5.93. The highest BCUT2D eigenvalue weighted by Crippen LogP contribution is 2.33. The van der Waals surface area contributed by atoms with E-state index < -0.39 is 40.2 Å². The molecule has 48 heavy (non-hydrogen) atoms. The standard InChI is InChI=1S/C35H28F3N7O3/c36-35(37,38)31-29-30(45(42-31)27-8-5-7-24(20-27)22-14-16-39-17-15-22)32(46)44(34(48)41-29)33(47)40-26-12-10-23(11-13-26)28-9-2-1-6-25(28)21-43-18-3-4-19-43/h1-2,5-17,20H,3-4,18-19,21H2,(H,40,47)(H,41,48). The average molecular weight is 652 g/mol. The molecule has 0 radical (unpaired) electrons. The monoisotopic (exact) mass is 651 g/mol. The summed E-state index contributed by atoms with van der Waals surface area (Å²) < 4.78 is 43.3. The van der Waals surface area contributed by atoms with E-state index in [1.807, 2.05) is 30.3 Å². The summed E-state index contributed by atoms with van der Waals surface area (Å²) in [5.41, 5.74) is -0.645. The first-order valence-corrected chi connectivity index (χ1v) is 15.3. The molecule has 1 fully saturated rings. The van der Waals surface area contributed by atoms with Gasteiger partial charge in [0.1, 0.15) is 5.52 Å². The molecule has 6 aromatic rings. The zero-order chi connectivity index (χ0) is 33.4. The summed E-state index contributed by atoms with van der Waals surface area (Å²) in [6, 6.07) is 23.6. The molecular weight excluding hydrogens is 623 g/mol. The molecule has 0 bridgehead atoms. The number of anilines is 1. The Labute approximate surface area is 271 Å². The van der Waals surface area contributed by atoms with Crippen molar-refractivity contribution in [2.24, 2.45) is 0 Å². The molecule has 1 aliphatic rings. The van der Waals surface area contributed by atoms with Gasteiger partial charge < -0.3 is 10.3 Å². The second kappa shape index (κ2) is 12.4. The first-order valence-electron chi connectivity index (χ1n) is 15.3. The second-order valence-electron chi connectivity index (χ2n) is 11.5. The average Bonchev–Trinajstić information content (AvgIpc) is 3.74. The summed E-state index contributed by atoms with van der Waals surface area (Å²) >= 11 is 0. The lowest BCUT2D eigenvalue weighted by molar-refractivity contribution is -0.140. The van der Waals surface area contributed by atoms with Gasteiger partial charge in [-0.1, -0.05) is 48.5 Å². The number of nitrogens with one attached hydrogen (secondary N) is 2. The Hall–Kier alpha value is -5.82. The zero-order valence-corrected chi connectivity index (χ0v) is 25.4. The lowest BCUT2D eigenvalue weighted by Gasteiger charge is -2.18. The van der Waals surface area contributed by atoms with E-state index in [-0.39, 0.29) is 15.9 Å². The van der Waals surface area contributed by atoms with Gasteiger partial charge in [0.05, 0.1) is 5.69 Å². The first kappa shape index (κ1) is 30.8. The Bertz CT molecular complexity index is 2250. The van der Waals surface area contributed by atoms with Crippen LogP contribution in [0.25, 0.3) is 39.0 Å². The third kappa shape index (κ3) is 5.91. The van der Waals surface area contributed by atoms with Gasteiger partial charge >= 0.3 is 17.9 Å². The van der Waals surface area contributed by atoms with Crippen LogP contribution < -0.4 is 16.6 Å². The van der Waals surface area contributed by atoms with Crippen LogP contribution >= 0.6 is 0 Å². The third-order valence-electron chi connectivity index (χ3n) is 8.36. The van der Waals surface area contributed by atoms with E-state index in [1.165, 1.54) is 24.5 Å². The lowest BCUT2D eigenvalue weighted by atomic mass is 9.99. The Morgan fingerprint density at radius 1 is 0.854 bits per heavy atom. The number of carbonyl (C=O) groups excluding carboxylic acids is 1. The number of fused-ring (bicyclic) bond motifs is 1. The number of aromatic nitrogens is 5. The van der Waals surface area contributed by atoms with E-state index in [4.69, 9.17) is 0 Å². The predicted octanol–water partition coefficient (Wildman–Crippen LogP) is 6.30. The number of pyridine rings is 1. The number of H-pyrrole nitrogens is 1. The van der Waals surface area contributed by atoms with E-state index in [2.05, 4.69) is 31.3 Å². The Balaban J connectivity index is 1.23. The molecule has 0 saturated carbocycles. The van der Waals surface area contributed by atoms with Crippen molar-refractivity contribution < 1.29 is 18.0 Å². The summed E-state index contributed by atoms with van der Waals surface area (Å²) in [7, 11) is 0. The van der Waals surface area contributed by atoms with Crippen LogP contribution in [-0.4, -0.2) is 48.3 Å².